The van der Waals surface area contributed by atoms with Crippen molar-refractivity contribution in [3.63, 3.8) is 0 Å². The average molecular weight is 339 g/mol. The van der Waals surface area contributed by atoms with Gasteiger partial charge in [0.25, 0.3) is 5.91 Å². The van der Waals surface area contributed by atoms with Crippen LogP contribution in [0.4, 0.5) is 4.39 Å². The van der Waals surface area contributed by atoms with Gasteiger partial charge in [-0.3, -0.25) is 9.59 Å². The second-order valence-electron chi connectivity index (χ2n) is 6.20. The molecule has 0 aliphatic carbocycles. The summed E-state index contributed by atoms with van der Waals surface area (Å²) in [6.07, 6.45) is 1.81. The molecule has 5 nitrogen and oxygen atoms in total. The number of ketones is 1. The van der Waals surface area contributed by atoms with Crippen LogP contribution < -0.4 is 0 Å². The topological polar surface area (TPSA) is 66.1 Å². The largest absolute Gasteiger partial charge is 0.334 e. The van der Waals surface area contributed by atoms with Crippen LogP contribution in [-0.4, -0.2) is 33.7 Å². The standard InChI is InChI=1S/C19H18FN3O2/c1-22-16(12-21)8-9-17(22)19(25)23-10-2-3-15(23)11-18(24)13-4-6-14(20)7-5-13/h4-9,15H,2-3,10-11H2,1H3. The maximum Gasteiger partial charge on any atom is 0.270 e. The van der Waals surface area contributed by atoms with Crippen molar-refractivity contribution >= 4 is 11.7 Å². The Morgan fingerprint density at radius 2 is 1.96 bits per heavy atom. The van der Waals surface area contributed by atoms with Crippen molar-refractivity contribution in [1.82, 2.24) is 9.47 Å². The van der Waals surface area contributed by atoms with Gasteiger partial charge in [-0.1, -0.05) is 0 Å². The molecule has 0 spiro atoms. The molecule has 0 N–H and O–H groups in total. The highest BCUT2D eigenvalue weighted by Gasteiger charge is 2.32. The molecule has 1 fully saturated rings. The SMILES string of the molecule is Cn1c(C#N)ccc1C(=O)N1CCCC1CC(=O)c1ccc(F)cc1. The summed E-state index contributed by atoms with van der Waals surface area (Å²) in [4.78, 5) is 26.9. The minimum absolute atomic E-state index is 0.103. The van der Waals surface area contributed by atoms with E-state index in [1.807, 2.05) is 6.07 Å². The number of likely N-dealkylation sites (tertiary alicyclic amines) is 1. The quantitative estimate of drug-likeness (QED) is 0.805. The highest BCUT2D eigenvalue weighted by atomic mass is 19.1. The molecule has 2 aromatic rings. The van der Waals surface area contributed by atoms with E-state index in [-0.39, 0.29) is 30.0 Å². The van der Waals surface area contributed by atoms with Gasteiger partial charge in [0, 0.05) is 31.6 Å². The predicted molar refractivity (Wildman–Crippen MR) is 89.5 cm³/mol. The number of rotatable bonds is 4. The van der Waals surface area contributed by atoms with Crippen LogP contribution in [0.5, 0.6) is 0 Å². The number of carbonyl (C=O) groups excluding carboxylic acids is 2. The number of benzene rings is 1. The van der Waals surface area contributed by atoms with Gasteiger partial charge in [0.15, 0.2) is 5.78 Å². The summed E-state index contributed by atoms with van der Waals surface area (Å²) >= 11 is 0. The van der Waals surface area contributed by atoms with Crippen molar-refractivity contribution in [2.45, 2.75) is 25.3 Å². The van der Waals surface area contributed by atoms with Crippen molar-refractivity contribution in [2.75, 3.05) is 6.54 Å². The maximum atomic E-state index is 13.0. The van der Waals surface area contributed by atoms with Crippen LogP contribution in [-0.2, 0) is 7.05 Å². The summed E-state index contributed by atoms with van der Waals surface area (Å²) in [7, 11) is 1.68. The predicted octanol–water partition coefficient (Wildman–Crippen LogP) is 2.91. The zero-order chi connectivity index (χ0) is 18.0. The normalized spacial score (nSPS) is 16.7. The van der Waals surface area contributed by atoms with Crippen molar-refractivity contribution < 1.29 is 14.0 Å². The van der Waals surface area contributed by atoms with Crippen molar-refractivity contribution in [1.29, 1.82) is 5.26 Å². The summed E-state index contributed by atoms with van der Waals surface area (Å²) in [5.74, 6) is -0.654. The van der Waals surface area contributed by atoms with E-state index in [9.17, 15) is 14.0 Å². The lowest BCUT2D eigenvalue weighted by atomic mass is 10.0. The minimum Gasteiger partial charge on any atom is -0.334 e. The molecule has 1 saturated heterocycles. The molecular formula is C19H18FN3O2. The van der Waals surface area contributed by atoms with Crippen LogP contribution in [0.1, 0.15) is 45.8 Å². The third-order valence-corrected chi connectivity index (χ3v) is 4.68. The second kappa shape index (κ2) is 6.89. The third-order valence-electron chi connectivity index (χ3n) is 4.68. The van der Waals surface area contributed by atoms with Crippen LogP contribution in [0, 0.1) is 17.1 Å². The Kier molecular flexibility index (Phi) is 4.66. The number of aromatic nitrogens is 1. The Morgan fingerprint density at radius 1 is 1.24 bits per heavy atom. The van der Waals surface area contributed by atoms with E-state index in [0.29, 0.717) is 23.5 Å². The van der Waals surface area contributed by atoms with Gasteiger partial charge in [-0.2, -0.15) is 5.26 Å². The molecule has 1 aliphatic rings. The number of amides is 1. The Balaban J connectivity index is 1.75. The van der Waals surface area contributed by atoms with E-state index in [2.05, 4.69) is 0 Å². The maximum absolute atomic E-state index is 13.0. The molecule has 6 heteroatoms. The lowest BCUT2D eigenvalue weighted by Crippen LogP contribution is -2.37. The summed E-state index contributed by atoms with van der Waals surface area (Å²) in [5.41, 5.74) is 1.31. The fraction of sp³-hybridized carbons (Fsp3) is 0.316. The first-order valence-corrected chi connectivity index (χ1v) is 8.17. The number of nitrogens with zero attached hydrogens (tertiary/aromatic N) is 3. The van der Waals surface area contributed by atoms with E-state index in [4.69, 9.17) is 5.26 Å². The third kappa shape index (κ3) is 3.31. The summed E-state index contributed by atoms with van der Waals surface area (Å²) < 4.78 is 14.6. The average Bonchev–Trinajstić information content (AvgIpc) is 3.21. The van der Waals surface area contributed by atoms with E-state index >= 15 is 0 Å². The first kappa shape index (κ1) is 16.9. The van der Waals surface area contributed by atoms with Gasteiger partial charge < -0.3 is 9.47 Å². The van der Waals surface area contributed by atoms with Gasteiger partial charge >= 0.3 is 0 Å². The fourth-order valence-electron chi connectivity index (χ4n) is 3.27. The molecule has 1 aromatic heterocycles. The number of halogens is 1. The van der Waals surface area contributed by atoms with Crippen LogP contribution in [0.25, 0.3) is 0 Å². The van der Waals surface area contributed by atoms with E-state index < -0.39 is 0 Å². The molecule has 1 atom stereocenters. The number of Topliss-reactive ketones (excluding diaryl/α,β-unsaturated/α-hetero) is 1. The highest BCUT2D eigenvalue weighted by molar-refractivity contribution is 5.98. The van der Waals surface area contributed by atoms with E-state index in [0.717, 1.165) is 12.8 Å². The molecule has 0 saturated carbocycles. The Bertz CT molecular complexity index is 849. The molecule has 0 bridgehead atoms. The molecule has 1 unspecified atom stereocenters. The van der Waals surface area contributed by atoms with E-state index in [1.54, 1.807) is 28.6 Å². The molecule has 25 heavy (non-hydrogen) atoms. The molecule has 2 heterocycles. The second-order valence-corrected chi connectivity index (χ2v) is 6.20. The first-order chi connectivity index (χ1) is 12.0. The lowest BCUT2D eigenvalue weighted by molar-refractivity contribution is 0.0708. The van der Waals surface area contributed by atoms with Crippen molar-refractivity contribution in [3.8, 4) is 6.07 Å². The number of nitriles is 1. The number of hydrogen-bond donors (Lipinski definition) is 0. The van der Waals surface area contributed by atoms with Crippen LogP contribution >= 0.6 is 0 Å². The zero-order valence-corrected chi connectivity index (χ0v) is 13.9. The first-order valence-electron chi connectivity index (χ1n) is 8.17. The van der Waals surface area contributed by atoms with Gasteiger partial charge in [-0.15, -0.1) is 0 Å². The number of hydrogen-bond acceptors (Lipinski definition) is 3. The van der Waals surface area contributed by atoms with Crippen LogP contribution in [0.2, 0.25) is 0 Å². The molecule has 3 rings (SSSR count). The molecule has 1 aliphatic heterocycles. The Morgan fingerprint density at radius 3 is 2.60 bits per heavy atom. The van der Waals surface area contributed by atoms with Gasteiger partial charge in [0.1, 0.15) is 23.3 Å². The highest BCUT2D eigenvalue weighted by Crippen LogP contribution is 2.24. The molecule has 1 amide bonds. The summed E-state index contributed by atoms with van der Waals surface area (Å²) in [6.45, 7) is 0.591. The van der Waals surface area contributed by atoms with Crippen LogP contribution in [0.15, 0.2) is 36.4 Å². The summed E-state index contributed by atoms with van der Waals surface area (Å²) in [5, 5.41) is 9.03. The van der Waals surface area contributed by atoms with Crippen LogP contribution in [0.3, 0.4) is 0 Å². The van der Waals surface area contributed by atoms with Crippen molar-refractivity contribution in [2.24, 2.45) is 7.05 Å². The van der Waals surface area contributed by atoms with Gasteiger partial charge in [0.05, 0.1) is 0 Å². The van der Waals surface area contributed by atoms with Crippen molar-refractivity contribution in [3.05, 3.63) is 59.2 Å². The molecule has 1 aromatic carbocycles. The molecular weight excluding hydrogens is 321 g/mol. The smallest absolute Gasteiger partial charge is 0.270 e. The van der Waals surface area contributed by atoms with Gasteiger partial charge in [0.2, 0.25) is 0 Å². The Hall–Kier alpha value is -2.94. The molecule has 128 valence electrons. The minimum atomic E-state index is -0.383. The zero-order valence-electron chi connectivity index (χ0n) is 13.9. The molecule has 0 radical (unpaired) electrons. The fourth-order valence-corrected chi connectivity index (χ4v) is 3.27. The number of carbonyl (C=O) groups is 2. The lowest BCUT2D eigenvalue weighted by Gasteiger charge is -2.24. The monoisotopic (exact) mass is 339 g/mol. The van der Waals surface area contributed by atoms with Gasteiger partial charge in [-0.05, 0) is 49.2 Å². The van der Waals surface area contributed by atoms with Gasteiger partial charge in [-0.25, -0.2) is 4.39 Å². The summed E-state index contributed by atoms with van der Waals surface area (Å²) in [6, 6.07) is 10.6. The van der Waals surface area contributed by atoms with E-state index in [1.165, 1.54) is 24.3 Å². The Labute approximate surface area is 145 Å².